The third-order valence-corrected chi connectivity index (χ3v) is 3.96. The van der Waals surface area contributed by atoms with Gasteiger partial charge in [0, 0.05) is 6.26 Å². The Labute approximate surface area is 115 Å². The lowest BCUT2D eigenvalue weighted by Crippen LogP contribution is -2.22. The van der Waals surface area contributed by atoms with Crippen LogP contribution in [0.2, 0.25) is 5.02 Å². The molecular weight excluding hydrogens is 316 g/mol. The summed E-state index contributed by atoms with van der Waals surface area (Å²) in [6, 6.07) is 3.46. The molecule has 106 valence electrons. The van der Waals surface area contributed by atoms with E-state index in [-0.39, 0.29) is 15.6 Å². The van der Waals surface area contributed by atoms with Crippen LogP contribution in [0.15, 0.2) is 23.1 Å². The summed E-state index contributed by atoms with van der Waals surface area (Å²) in [7, 11) is -7.43. The Morgan fingerprint density at radius 3 is 2.37 bits per heavy atom. The van der Waals surface area contributed by atoms with Crippen molar-refractivity contribution in [3.8, 4) is 0 Å². The Bertz CT molecular complexity index is 712. The van der Waals surface area contributed by atoms with E-state index in [1.54, 1.807) is 0 Å². The largest absolute Gasteiger partial charge is 0.324 e. The maximum atomic E-state index is 11.4. The van der Waals surface area contributed by atoms with E-state index < -0.39 is 31.5 Å². The fourth-order valence-electron chi connectivity index (χ4n) is 1.20. The lowest BCUT2D eigenvalue weighted by atomic mass is 10.3. The summed E-state index contributed by atoms with van der Waals surface area (Å²) in [6.07, 6.45) is 0.898. The van der Waals surface area contributed by atoms with Crippen LogP contribution in [-0.2, 0) is 24.7 Å². The SMILES string of the molecule is CS(=O)(=O)CC(=O)Nc1cc(S(N)(=O)=O)ccc1Cl. The van der Waals surface area contributed by atoms with Crippen LogP contribution in [0.4, 0.5) is 5.69 Å². The van der Waals surface area contributed by atoms with E-state index >= 15 is 0 Å². The molecule has 0 saturated carbocycles. The van der Waals surface area contributed by atoms with E-state index in [1.807, 2.05) is 0 Å². The number of sulfonamides is 1. The number of halogens is 1. The smallest absolute Gasteiger partial charge is 0.239 e. The molecule has 19 heavy (non-hydrogen) atoms. The molecule has 0 unspecified atom stereocenters. The second kappa shape index (κ2) is 5.45. The van der Waals surface area contributed by atoms with Gasteiger partial charge in [0.1, 0.15) is 5.75 Å². The van der Waals surface area contributed by atoms with Crippen LogP contribution in [-0.4, -0.2) is 34.8 Å². The van der Waals surface area contributed by atoms with Gasteiger partial charge in [0.25, 0.3) is 0 Å². The number of nitrogens with two attached hydrogens (primary N) is 1. The minimum atomic E-state index is -3.94. The highest BCUT2D eigenvalue weighted by Crippen LogP contribution is 2.24. The molecule has 1 aromatic rings. The van der Waals surface area contributed by atoms with Crippen molar-refractivity contribution in [2.45, 2.75) is 4.90 Å². The van der Waals surface area contributed by atoms with Crippen molar-refractivity contribution in [3.63, 3.8) is 0 Å². The normalized spacial score (nSPS) is 12.2. The van der Waals surface area contributed by atoms with E-state index in [0.29, 0.717) is 0 Å². The van der Waals surface area contributed by atoms with Crippen molar-refractivity contribution in [3.05, 3.63) is 23.2 Å². The summed E-state index contributed by atoms with van der Waals surface area (Å²) in [5, 5.41) is 7.20. The van der Waals surface area contributed by atoms with Crippen molar-refractivity contribution < 1.29 is 21.6 Å². The van der Waals surface area contributed by atoms with E-state index in [0.717, 1.165) is 12.3 Å². The molecule has 0 radical (unpaired) electrons. The quantitative estimate of drug-likeness (QED) is 0.804. The van der Waals surface area contributed by atoms with Crippen LogP contribution in [0.25, 0.3) is 0 Å². The summed E-state index contributed by atoms with van der Waals surface area (Å²) in [5.41, 5.74) is -0.0261. The number of sulfone groups is 1. The molecule has 0 bridgehead atoms. The highest BCUT2D eigenvalue weighted by Gasteiger charge is 2.15. The zero-order valence-corrected chi connectivity index (χ0v) is 12.1. The summed E-state index contributed by atoms with van der Waals surface area (Å²) >= 11 is 5.76. The van der Waals surface area contributed by atoms with Gasteiger partial charge in [-0.05, 0) is 18.2 Å². The Morgan fingerprint density at radius 2 is 1.89 bits per heavy atom. The second-order valence-electron chi connectivity index (χ2n) is 3.80. The van der Waals surface area contributed by atoms with Gasteiger partial charge in [0.2, 0.25) is 15.9 Å². The predicted octanol–water partition coefficient (Wildman–Crippen LogP) is -0.0295. The number of amides is 1. The first kappa shape index (κ1) is 15.9. The maximum absolute atomic E-state index is 11.4. The number of hydrogen-bond acceptors (Lipinski definition) is 5. The Morgan fingerprint density at radius 1 is 1.32 bits per heavy atom. The molecule has 0 aromatic heterocycles. The Kier molecular flexibility index (Phi) is 4.56. The number of carbonyl (C=O) groups is 1. The monoisotopic (exact) mass is 326 g/mol. The van der Waals surface area contributed by atoms with Gasteiger partial charge in [-0.25, -0.2) is 22.0 Å². The first-order chi connectivity index (χ1) is 8.49. The molecule has 1 amide bonds. The number of hydrogen-bond donors (Lipinski definition) is 2. The molecule has 0 fully saturated rings. The zero-order chi connectivity index (χ0) is 14.8. The average Bonchev–Trinajstić information content (AvgIpc) is 2.16. The summed E-state index contributed by atoms with van der Waals surface area (Å²) in [5.74, 6) is -1.56. The first-order valence-corrected chi connectivity index (χ1v) is 8.77. The molecular formula is C9H11ClN2O5S2. The second-order valence-corrected chi connectivity index (χ2v) is 7.91. The number of rotatable bonds is 4. The molecule has 0 aliphatic heterocycles. The van der Waals surface area contributed by atoms with Crippen LogP contribution in [0, 0.1) is 0 Å². The third kappa shape index (κ3) is 5.15. The van der Waals surface area contributed by atoms with Crippen LogP contribution in [0.3, 0.4) is 0 Å². The number of primary sulfonamides is 1. The topological polar surface area (TPSA) is 123 Å². The van der Waals surface area contributed by atoms with Crippen LogP contribution in [0.5, 0.6) is 0 Å². The molecule has 0 saturated heterocycles. The van der Waals surface area contributed by atoms with E-state index in [2.05, 4.69) is 5.32 Å². The third-order valence-electron chi connectivity index (χ3n) is 1.93. The molecule has 0 atom stereocenters. The van der Waals surface area contributed by atoms with Gasteiger partial charge in [0.05, 0.1) is 15.6 Å². The molecule has 1 rings (SSSR count). The van der Waals surface area contributed by atoms with Crippen molar-refractivity contribution >= 4 is 43.1 Å². The molecule has 7 nitrogen and oxygen atoms in total. The van der Waals surface area contributed by atoms with Crippen LogP contribution in [0.1, 0.15) is 0 Å². The molecule has 10 heteroatoms. The number of carbonyl (C=O) groups excluding carboxylic acids is 1. The average molecular weight is 327 g/mol. The molecule has 0 aliphatic carbocycles. The maximum Gasteiger partial charge on any atom is 0.239 e. The molecule has 0 aliphatic rings. The molecule has 3 N–H and O–H groups in total. The van der Waals surface area contributed by atoms with Gasteiger partial charge in [-0.15, -0.1) is 0 Å². The van der Waals surface area contributed by atoms with Gasteiger partial charge in [0.15, 0.2) is 9.84 Å². The molecule has 0 heterocycles. The zero-order valence-electron chi connectivity index (χ0n) is 9.75. The Balaban J connectivity index is 3.05. The van der Waals surface area contributed by atoms with Crippen molar-refractivity contribution in [2.75, 3.05) is 17.3 Å². The van der Waals surface area contributed by atoms with Crippen molar-refractivity contribution in [2.24, 2.45) is 5.14 Å². The molecule has 0 spiro atoms. The highest BCUT2D eigenvalue weighted by atomic mass is 35.5. The number of nitrogens with one attached hydrogen (secondary N) is 1. The van der Waals surface area contributed by atoms with Crippen molar-refractivity contribution in [1.29, 1.82) is 0 Å². The predicted molar refractivity (Wildman–Crippen MR) is 71.2 cm³/mol. The fraction of sp³-hybridized carbons (Fsp3) is 0.222. The minimum Gasteiger partial charge on any atom is -0.324 e. The van der Waals surface area contributed by atoms with Gasteiger partial charge in [-0.1, -0.05) is 11.6 Å². The van der Waals surface area contributed by atoms with Gasteiger partial charge in [-0.2, -0.15) is 0 Å². The van der Waals surface area contributed by atoms with E-state index in [9.17, 15) is 21.6 Å². The lowest BCUT2D eigenvalue weighted by molar-refractivity contribution is -0.113. The first-order valence-electron chi connectivity index (χ1n) is 4.79. The minimum absolute atomic E-state index is 0.0261. The van der Waals surface area contributed by atoms with E-state index in [1.165, 1.54) is 12.1 Å². The fourth-order valence-corrected chi connectivity index (χ4v) is 2.45. The van der Waals surface area contributed by atoms with Crippen LogP contribution < -0.4 is 10.5 Å². The van der Waals surface area contributed by atoms with E-state index in [4.69, 9.17) is 16.7 Å². The summed E-state index contributed by atoms with van der Waals surface area (Å²) in [4.78, 5) is 11.2. The van der Waals surface area contributed by atoms with Gasteiger partial charge >= 0.3 is 0 Å². The summed E-state index contributed by atoms with van der Waals surface area (Å²) < 4.78 is 44.1. The van der Waals surface area contributed by atoms with Gasteiger partial charge < -0.3 is 5.32 Å². The Hall–Kier alpha value is -1.16. The molecule has 1 aromatic carbocycles. The highest BCUT2D eigenvalue weighted by molar-refractivity contribution is 7.91. The summed E-state index contributed by atoms with van der Waals surface area (Å²) in [6.45, 7) is 0. The standard InChI is InChI=1S/C9H11ClN2O5S2/c1-18(14,15)5-9(13)12-8-4-6(19(11,16)17)2-3-7(8)10/h2-4H,5H2,1H3,(H,12,13)(H2,11,16,17). The van der Waals surface area contributed by atoms with Gasteiger partial charge in [-0.3, -0.25) is 4.79 Å². The van der Waals surface area contributed by atoms with Crippen molar-refractivity contribution in [1.82, 2.24) is 0 Å². The van der Waals surface area contributed by atoms with Crippen LogP contribution >= 0.6 is 11.6 Å². The lowest BCUT2D eigenvalue weighted by Gasteiger charge is -2.08. The number of anilines is 1. The number of benzene rings is 1.